The van der Waals surface area contributed by atoms with Gasteiger partial charge in [0, 0.05) is 5.56 Å². The zero-order chi connectivity index (χ0) is 15.4. The van der Waals surface area contributed by atoms with Gasteiger partial charge < -0.3 is 9.47 Å². The van der Waals surface area contributed by atoms with E-state index in [1.165, 1.54) is 5.56 Å². The Labute approximate surface area is 130 Å². The fourth-order valence-corrected chi connectivity index (χ4v) is 2.63. The molecular weight excluding hydrogens is 276 g/mol. The molecule has 1 aliphatic heterocycles. The Hall–Kier alpha value is -2.55. The minimum Gasteiger partial charge on any atom is -0.414 e. The molecule has 1 heterocycles. The third-order valence-electron chi connectivity index (χ3n) is 3.88. The standard InChI is InChI=1S/C19H18O3/c1-19(16-12-6-3-7-13-16)17(21-18(20)22-19)14-8-11-15-9-4-2-5-10-15/h2-7,9-10,12-14H,8,11H2,1H3. The van der Waals surface area contributed by atoms with Gasteiger partial charge >= 0.3 is 6.16 Å². The lowest BCUT2D eigenvalue weighted by molar-refractivity contribution is 0.0755. The molecule has 2 aromatic carbocycles. The van der Waals surface area contributed by atoms with Crippen LogP contribution < -0.4 is 0 Å². The van der Waals surface area contributed by atoms with E-state index in [4.69, 9.17) is 9.47 Å². The van der Waals surface area contributed by atoms with Crippen LogP contribution >= 0.6 is 0 Å². The van der Waals surface area contributed by atoms with E-state index in [1.807, 2.05) is 61.5 Å². The molecule has 0 spiro atoms. The highest BCUT2D eigenvalue weighted by atomic mass is 16.8. The topological polar surface area (TPSA) is 35.5 Å². The highest BCUT2D eigenvalue weighted by Crippen LogP contribution is 2.39. The average molecular weight is 294 g/mol. The van der Waals surface area contributed by atoms with Crippen LogP contribution in [0, 0.1) is 0 Å². The molecule has 1 aliphatic rings. The van der Waals surface area contributed by atoms with Crippen LogP contribution in [0.15, 0.2) is 72.5 Å². The summed E-state index contributed by atoms with van der Waals surface area (Å²) in [7, 11) is 0. The van der Waals surface area contributed by atoms with Crippen molar-refractivity contribution in [1.82, 2.24) is 0 Å². The van der Waals surface area contributed by atoms with E-state index in [2.05, 4.69) is 12.1 Å². The lowest BCUT2D eigenvalue weighted by atomic mass is 9.93. The van der Waals surface area contributed by atoms with Crippen LogP contribution in [0.25, 0.3) is 0 Å². The molecule has 1 atom stereocenters. The molecule has 0 bridgehead atoms. The van der Waals surface area contributed by atoms with Crippen molar-refractivity contribution < 1.29 is 14.3 Å². The Morgan fingerprint density at radius 2 is 1.64 bits per heavy atom. The maximum atomic E-state index is 11.6. The van der Waals surface area contributed by atoms with E-state index in [0.29, 0.717) is 5.76 Å². The summed E-state index contributed by atoms with van der Waals surface area (Å²) in [5.74, 6) is 0.569. The first-order valence-corrected chi connectivity index (χ1v) is 7.39. The number of benzene rings is 2. The number of ether oxygens (including phenoxy) is 2. The first-order chi connectivity index (χ1) is 10.7. The van der Waals surface area contributed by atoms with E-state index < -0.39 is 11.8 Å². The summed E-state index contributed by atoms with van der Waals surface area (Å²) in [6.07, 6.45) is 2.99. The number of hydrogen-bond donors (Lipinski definition) is 0. The van der Waals surface area contributed by atoms with E-state index in [0.717, 1.165) is 18.4 Å². The Balaban J connectivity index is 1.79. The summed E-state index contributed by atoms with van der Waals surface area (Å²) in [6.45, 7) is 1.86. The second-order valence-corrected chi connectivity index (χ2v) is 5.45. The van der Waals surface area contributed by atoms with Crippen LogP contribution in [0.2, 0.25) is 0 Å². The molecule has 1 saturated heterocycles. The summed E-state index contributed by atoms with van der Waals surface area (Å²) in [5, 5.41) is 0. The average Bonchev–Trinajstić information content (AvgIpc) is 2.85. The molecule has 3 heteroatoms. The smallest absolute Gasteiger partial charge is 0.414 e. The van der Waals surface area contributed by atoms with Crippen molar-refractivity contribution in [2.45, 2.75) is 25.4 Å². The number of hydrogen-bond acceptors (Lipinski definition) is 3. The third kappa shape index (κ3) is 2.89. The van der Waals surface area contributed by atoms with Gasteiger partial charge in [-0.1, -0.05) is 60.7 Å². The Bertz CT molecular complexity index is 676. The molecule has 1 unspecified atom stereocenters. The lowest BCUT2D eigenvalue weighted by Crippen LogP contribution is -2.22. The van der Waals surface area contributed by atoms with Crippen LogP contribution in [0.4, 0.5) is 4.79 Å². The molecule has 22 heavy (non-hydrogen) atoms. The molecule has 1 fully saturated rings. The van der Waals surface area contributed by atoms with Gasteiger partial charge in [0.25, 0.3) is 0 Å². The van der Waals surface area contributed by atoms with Crippen molar-refractivity contribution >= 4 is 6.16 Å². The quantitative estimate of drug-likeness (QED) is 0.774. The summed E-state index contributed by atoms with van der Waals surface area (Å²) in [5.41, 5.74) is 1.33. The number of carbonyl (C=O) groups excluding carboxylic acids is 1. The second kappa shape index (κ2) is 6.06. The van der Waals surface area contributed by atoms with Crippen LogP contribution in [0.5, 0.6) is 0 Å². The molecule has 0 saturated carbocycles. The number of cyclic esters (lactones) is 2. The lowest BCUT2D eigenvalue weighted by Gasteiger charge is -2.21. The molecule has 3 rings (SSSR count). The monoisotopic (exact) mass is 294 g/mol. The van der Waals surface area contributed by atoms with Gasteiger partial charge in [-0.15, -0.1) is 0 Å². The molecule has 112 valence electrons. The van der Waals surface area contributed by atoms with E-state index >= 15 is 0 Å². The Morgan fingerprint density at radius 1 is 1.00 bits per heavy atom. The molecule has 0 amide bonds. The first kappa shape index (κ1) is 14.4. The molecular formula is C19H18O3. The van der Waals surface area contributed by atoms with Gasteiger partial charge in [0.1, 0.15) is 0 Å². The number of rotatable bonds is 4. The van der Waals surface area contributed by atoms with Crippen molar-refractivity contribution in [2.75, 3.05) is 0 Å². The maximum Gasteiger partial charge on any atom is 0.515 e. The fourth-order valence-electron chi connectivity index (χ4n) is 2.63. The molecule has 3 nitrogen and oxygen atoms in total. The second-order valence-electron chi connectivity index (χ2n) is 5.45. The van der Waals surface area contributed by atoms with Crippen molar-refractivity contribution in [3.05, 3.63) is 83.6 Å². The van der Waals surface area contributed by atoms with Gasteiger partial charge in [0.2, 0.25) is 0 Å². The molecule has 0 aromatic heterocycles. The van der Waals surface area contributed by atoms with Gasteiger partial charge in [-0.2, -0.15) is 0 Å². The van der Waals surface area contributed by atoms with Gasteiger partial charge in [-0.05, 0) is 31.4 Å². The SMILES string of the molecule is CC1(c2ccccc2)OC(=O)OC1=CCCc1ccccc1. The zero-order valence-electron chi connectivity index (χ0n) is 12.5. The normalized spacial score (nSPS) is 22.4. The van der Waals surface area contributed by atoms with Gasteiger partial charge in [-0.3, -0.25) is 0 Å². The Kier molecular flexibility index (Phi) is 3.96. The molecule has 0 radical (unpaired) electrons. The summed E-state index contributed by atoms with van der Waals surface area (Å²) in [4.78, 5) is 11.6. The molecule has 2 aromatic rings. The van der Waals surface area contributed by atoms with Crippen molar-refractivity contribution in [1.29, 1.82) is 0 Å². The number of aryl methyl sites for hydroxylation is 1. The Morgan fingerprint density at radius 3 is 2.32 bits per heavy atom. The highest BCUT2D eigenvalue weighted by molar-refractivity contribution is 5.67. The predicted molar refractivity (Wildman–Crippen MR) is 84.2 cm³/mol. The predicted octanol–water partition coefficient (Wildman–Crippen LogP) is 4.59. The molecule has 0 aliphatic carbocycles. The van der Waals surface area contributed by atoms with Crippen molar-refractivity contribution in [3.63, 3.8) is 0 Å². The number of allylic oxidation sites excluding steroid dienone is 1. The third-order valence-corrected chi connectivity index (χ3v) is 3.88. The van der Waals surface area contributed by atoms with Crippen LogP contribution in [-0.2, 0) is 21.5 Å². The summed E-state index contributed by atoms with van der Waals surface area (Å²) >= 11 is 0. The van der Waals surface area contributed by atoms with Crippen LogP contribution in [0.3, 0.4) is 0 Å². The highest BCUT2D eigenvalue weighted by Gasteiger charge is 2.44. The largest absolute Gasteiger partial charge is 0.515 e. The first-order valence-electron chi connectivity index (χ1n) is 7.39. The van der Waals surface area contributed by atoms with Gasteiger partial charge in [0.15, 0.2) is 11.4 Å². The zero-order valence-corrected chi connectivity index (χ0v) is 12.5. The van der Waals surface area contributed by atoms with Crippen molar-refractivity contribution in [3.8, 4) is 0 Å². The summed E-state index contributed by atoms with van der Waals surface area (Å²) in [6, 6.07) is 19.9. The van der Waals surface area contributed by atoms with E-state index in [9.17, 15) is 4.79 Å². The van der Waals surface area contributed by atoms with Gasteiger partial charge in [-0.25, -0.2) is 4.79 Å². The minimum atomic E-state index is -0.838. The summed E-state index contributed by atoms with van der Waals surface area (Å²) < 4.78 is 10.7. The number of carbonyl (C=O) groups is 1. The van der Waals surface area contributed by atoms with E-state index in [-0.39, 0.29) is 0 Å². The fraction of sp³-hybridized carbons (Fsp3) is 0.211. The van der Waals surface area contributed by atoms with Crippen LogP contribution in [0.1, 0.15) is 24.5 Å². The van der Waals surface area contributed by atoms with Crippen molar-refractivity contribution in [2.24, 2.45) is 0 Å². The molecule has 0 N–H and O–H groups in total. The van der Waals surface area contributed by atoms with Gasteiger partial charge in [0.05, 0.1) is 0 Å². The van der Waals surface area contributed by atoms with E-state index in [1.54, 1.807) is 0 Å². The minimum absolute atomic E-state index is 0.569. The van der Waals surface area contributed by atoms with Crippen LogP contribution in [-0.4, -0.2) is 6.16 Å². The maximum absolute atomic E-state index is 11.6.